The van der Waals surface area contributed by atoms with Crippen molar-refractivity contribution in [2.75, 3.05) is 12.3 Å². The molecule has 5 nitrogen and oxygen atoms in total. The van der Waals surface area contributed by atoms with Crippen LogP contribution in [0.25, 0.3) is 21.8 Å². The number of rotatable bonds is 2. The van der Waals surface area contributed by atoms with Crippen LogP contribution in [0.4, 0.5) is 5.82 Å². The van der Waals surface area contributed by atoms with E-state index in [4.69, 9.17) is 11.5 Å². The Morgan fingerprint density at radius 1 is 1.25 bits per heavy atom. The number of fused-ring (bicyclic) bond motifs is 3. The molecule has 0 atom stereocenters. The van der Waals surface area contributed by atoms with Crippen molar-refractivity contribution in [2.24, 2.45) is 12.8 Å². The van der Waals surface area contributed by atoms with Crippen LogP contribution >= 0.6 is 24.8 Å². The predicted molar refractivity (Wildman–Crippen MR) is 87.7 cm³/mol. The molecule has 7 heteroatoms. The van der Waals surface area contributed by atoms with Gasteiger partial charge in [-0.25, -0.2) is 4.98 Å². The minimum Gasteiger partial charge on any atom is -0.382 e. The smallest absolute Gasteiger partial charge is 0.152 e. The van der Waals surface area contributed by atoms with Crippen molar-refractivity contribution < 1.29 is 0 Å². The first-order valence-electron chi connectivity index (χ1n) is 5.91. The Bertz CT molecular complexity index is 738. The summed E-state index contributed by atoms with van der Waals surface area (Å²) >= 11 is 0. The van der Waals surface area contributed by atoms with Crippen LogP contribution in [0.1, 0.15) is 5.56 Å². The van der Waals surface area contributed by atoms with Crippen LogP contribution < -0.4 is 11.5 Å². The Kier molecular flexibility index (Phi) is 5.16. The van der Waals surface area contributed by atoms with Gasteiger partial charge in [-0.2, -0.15) is 5.10 Å². The van der Waals surface area contributed by atoms with Gasteiger partial charge in [-0.1, -0.05) is 12.1 Å². The van der Waals surface area contributed by atoms with Crippen molar-refractivity contribution in [3.63, 3.8) is 0 Å². The van der Waals surface area contributed by atoms with Gasteiger partial charge in [-0.3, -0.25) is 4.68 Å². The van der Waals surface area contributed by atoms with Crippen LogP contribution in [-0.4, -0.2) is 21.3 Å². The van der Waals surface area contributed by atoms with Crippen LogP contribution in [0.5, 0.6) is 0 Å². The number of hydrogen-bond donors (Lipinski definition) is 2. The summed E-state index contributed by atoms with van der Waals surface area (Å²) in [5.41, 5.74) is 14.5. The molecule has 108 valence electrons. The molecule has 0 fully saturated rings. The van der Waals surface area contributed by atoms with E-state index in [-0.39, 0.29) is 24.8 Å². The molecule has 3 rings (SSSR count). The van der Waals surface area contributed by atoms with E-state index in [9.17, 15) is 0 Å². The molecule has 0 spiro atoms. The second-order valence-corrected chi connectivity index (χ2v) is 4.41. The Morgan fingerprint density at radius 3 is 2.70 bits per heavy atom. The summed E-state index contributed by atoms with van der Waals surface area (Å²) < 4.78 is 1.77. The number of halogens is 2. The Labute approximate surface area is 129 Å². The van der Waals surface area contributed by atoms with Crippen LogP contribution in [0.15, 0.2) is 24.4 Å². The maximum Gasteiger partial charge on any atom is 0.152 e. The molecule has 0 amide bonds. The molecule has 0 aliphatic rings. The summed E-state index contributed by atoms with van der Waals surface area (Å²) in [7, 11) is 1.89. The first kappa shape index (κ1) is 16.5. The Morgan fingerprint density at radius 2 is 2.00 bits per heavy atom. The first-order chi connectivity index (χ1) is 8.70. The van der Waals surface area contributed by atoms with Gasteiger partial charge in [0.1, 0.15) is 5.52 Å². The topological polar surface area (TPSA) is 82.8 Å². The van der Waals surface area contributed by atoms with Crippen LogP contribution in [0.3, 0.4) is 0 Å². The lowest BCUT2D eigenvalue weighted by atomic mass is 10.0. The molecule has 3 aromatic rings. The highest BCUT2D eigenvalue weighted by atomic mass is 35.5. The number of hydrogen-bond acceptors (Lipinski definition) is 4. The highest BCUT2D eigenvalue weighted by Crippen LogP contribution is 2.29. The fraction of sp³-hybridized carbons (Fsp3) is 0.231. The van der Waals surface area contributed by atoms with Crippen molar-refractivity contribution in [2.45, 2.75) is 6.42 Å². The third-order valence-electron chi connectivity index (χ3n) is 3.12. The SMILES string of the molecule is Cl.Cl.Cn1cc2c(n1)c(N)nc1cccc(CCN)c12. The number of pyridine rings is 1. The van der Waals surface area contributed by atoms with E-state index in [0.29, 0.717) is 12.4 Å². The van der Waals surface area contributed by atoms with Gasteiger partial charge in [-0.15, -0.1) is 24.8 Å². The molecular weight excluding hydrogens is 297 g/mol. The maximum absolute atomic E-state index is 5.95. The summed E-state index contributed by atoms with van der Waals surface area (Å²) in [5, 5.41) is 6.52. The highest BCUT2D eigenvalue weighted by molar-refractivity contribution is 6.09. The highest BCUT2D eigenvalue weighted by Gasteiger charge is 2.12. The van der Waals surface area contributed by atoms with Gasteiger partial charge >= 0.3 is 0 Å². The zero-order valence-corrected chi connectivity index (χ0v) is 12.7. The molecule has 0 aliphatic heterocycles. The summed E-state index contributed by atoms with van der Waals surface area (Å²) in [6.45, 7) is 0.616. The van der Waals surface area contributed by atoms with Crippen molar-refractivity contribution in [3.8, 4) is 0 Å². The zero-order chi connectivity index (χ0) is 12.7. The second-order valence-electron chi connectivity index (χ2n) is 4.41. The van der Waals surface area contributed by atoms with Gasteiger partial charge in [0.05, 0.1) is 5.52 Å². The van der Waals surface area contributed by atoms with E-state index in [2.05, 4.69) is 16.1 Å². The molecular formula is C13H17Cl2N5. The number of anilines is 1. The van der Waals surface area contributed by atoms with Gasteiger partial charge in [-0.05, 0) is 24.6 Å². The molecule has 0 radical (unpaired) electrons. The van der Waals surface area contributed by atoms with E-state index >= 15 is 0 Å². The Hall–Kier alpha value is -1.56. The van der Waals surface area contributed by atoms with E-state index in [1.807, 2.05) is 25.4 Å². The standard InChI is InChI=1S/C13H15N5.2ClH/c1-18-7-9-11-8(5-6-14)3-2-4-10(11)16-13(15)12(9)17-18;;/h2-4,7H,5-6,14H2,1H3,(H2,15,16);2*1H. The number of aryl methyl sites for hydroxylation is 1. The number of nitrogen functional groups attached to an aromatic ring is 1. The van der Waals surface area contributed by atoms with Crippen LogP contribution in [0.2, 0.25) is 0 Å². The molecule has 20 heavy (non-hydrogen) atoms. The Balaban J connectivity index is 0.000001000. The minimum absolute atomic E-state index is 0. The third kappa shape index (κ3) is 2.52. The summed E-state index contributed by atoms with van der Waals surface area (Å²) in [5.74, 6) is 0.475. The lowest BCUT2D eigenvalue weighted by Crippen LogP contribution is -2.03. The monoisotopic (exact) mass is 313 g/mol. The molecule has 0 aliphatic carbocycles. The quantitative estimate of drug-likeness (QED) is 0.758. The van der Waals surface area contributed by atoms with Gasteiger partial charge in [0.15, 0.2) is 5.82 Å². The summed E-state index contributed by atoms with van der Waals surface area (Å²) in [4.78, 5) is 4.42. The third-order valence-corrected chi connectivity index (χ3v) is 3.12. The van der Waals surface area contributed by atoms with E-state index in [1.165, 1.54) is 5.56 Å². The fourth-order valence-electron chi connectivity index (χ4n) is 2.40. The summed E-state index contributed by atoms with van der Waals surface area (Å²) in [6, 6.07) is 6.04. The average molecular weight is 314 g/mol. The molecule has 0 saturated carbocycles. The minimum atomic E-state index is 0. The number of aromatic nitrogens is 3. The van der Waals surface area contributed by atoms with Gasteiger partial charge in [0, 0.05) is 24.0 Å². The number of nitrogens with two attached hydrogens (primary N) is 2. The molecule has 2 heterocycles. The zero-order valence-electron chi connectivity index (χ0n) is 11.0. The van der Waals surface area contributed by atoms with Gasteiger partial charge in [0.2, 0.25) is 0 Å². The van der Waals surface area contributed by atoms with Gasteiger partial charge < -0.3 is 11.5 Å². The average Bonchev–Trinajstić information content (AvgIpc) is 2.72. The van der Waals surface area contributed by atoms with Gasteiger partial charge in [0.25, 0.3) is 0 Å². The largest absolute Gasteiger partial charge is 0.382 e. The molecule has 0 unspecified atom stereocenters. The molecule has 2 aromatic heterocycles. The predicted octanol–water partition coefficient (Wildman–Crippen LogP) is 2.05. The van der Waals surface area contributed by atoms with Crippen molar-refractivity contribution in [1.82, 2.24) is 14.8 Å². The molecule has 0 bridgehead atoms. The van der Waals surface area contributed by atoms with E-state index in [1.54, 1.807) is 4.68 Å². The van der Waals surface area contributed by atoms with Crippen LogP contribution in [0, 0.1) is 0 Å². The van der Waals surface area contributed by atoms with Crippen LogP contribution in [-0.2, 0) is 13.5 Å². The van der Waals surface area contributed by atoms with Crippen molar-refractivity contribution in [3.05, 3.63) is 30.0 Å². The maximum atomic E-state index is 5.95. The lowest BCUT2D eigenvalue weighted by molar-refractivity contribution is 0.780. The molecule has 4 N–H and O–H groups in total. The molecule has 0 saturated heterocycles. The summed E-state index contributed by atoms with van der Waals surface area (Å²) in [6.07, 6.45) is 2.81. The van der Waals surface area contributed by atoms with Crippen molar-refractivity contribution in [1.29, 1.82) is 0 Å². The second kappa shape index (κ2) is 6.26. The van der Waals surface area contributed by atoms with Crippen molar-refractivity contribution >= 4 is 52.4 Å². The number of benzene rings is 1. The molecule has 1 aromatic carbocycles. The lowest BCUT2D eigenvalue weighted by Gasteiger charge is -2.06. The number of nitrogens with zero attached hydrogens (tertiary/aromatic N) is 3. The first-order valence-corrected chi connectivity index (χ1v) is 5.91. The fourth-order valence-corrected chi connectivity index (χ4v) is 2.40. The van der Waals surface area contributed by atoms with E-state index < -0.39 is 0 Å². The van der Waals surface area contributed by atoms with E-state index in [0.717, 1.165) is 28.2 Å². The normalized spacial score (nSPS) is 10.3.